The molecule has 16 heavy (non-hydrogen) atoms. The average Bonchev–Trinajstić information content (AvgIpc) is 2.76. The number of halogens is 1. The molecule has 0 spiro atoms. The molecule has 2 atom stereocenters. The van der Waals surface area contributed by atoms with E-state index in [1.165, 1.54) is 0 Å². The molecule has 4 heteroatoms. The number of amides is 1. The standard InChI is InChI=1S/C12H22BrNO2/c1-10(4-2-8-13)14-12(15)7-6-11-5-3-9-16-11/h10-11H,2-9H2,1H3,(H,14,15). The van der Waals surface area contributed by atoms with Crippen LogP contribution in [0.1, 0.15) is 45.4 Å². The largest absolute Gasteiger partial charge is 0.378 e. The Hall–Kier alpha value is -0.0900. The summed E-state index contributed by atoms with van der Waals surface area (Å²) in [6.07, 6.45) is 6.20. The van der Waals surface area contributed by atoms with Crippen LogP contribution in [0.3, 0.4) is 0 Å². The third-order valence-corrected chi connectivity index (χ3v) is 3.46. The van der Waals surface area contributed by atoms with Crippen molar-refractivity contribution >= 4 is 21.8 Å². The molecule has 1 saturated heterocycles. The minimum absolute atomic E-state index is 0.164. The number of ether oxygens (including phenoxy) is 1. The van der Waals surface area contributed by atoms with Gasteiger partial charge in [-0.3, -0.25) is 4.79 Å². The smallest absolute Gasteiger partial charge is 0.220 e. The lowest BCUT2D eigenvalue weighted by Gasteiger charge is -2.14. The second-order valence-electron chi connectivity index (χ2n) is 4.47. The van der Waals surface area contributed by atoms with E-state index in [4.69, 9.17) is 4.74 Å². The van der Waals surface area contributed by atoms with Gasteiger partial charge in [0.25, 0.3) is 0 Å². The van der Waals surface area contributed by atoms with Gasteiger partial charge >= 0.3 is 0 Å². The Bertz CT molecular complexity index is 205. The monoisotopic (exact) mass is 291 g/mol. The van der Waals surface area contributed by atoms with E-state index in [-0.39, 0.29) is 11.9 Å². The van der Waals surface area contributed by atoms with Gasteiger partial charge < -0.3 is 10.1 Å². The van der Waals surface area contributed by atoms with Gasteiger partial charge in [0.2, 0.25) is 5.91 Å². The SMILES string of the molecule is CC(CCCBr)NC(=O)CCC1CCCO1. The molecule has 0 radical (unpaired) electrons. The van der Waals surface area contributed by atoms with E-state index in [1.54, 1.807) is 0 Å². The molecule has 0 aromatic carbocycles. The van der Waals surface area contributed by atoms with Gasteiger partial charge in [0.1, 0.15) is 0 Å². The maximum absolute atomic E-state index is 11.6. The Morgan fingerprint density at radius 2 is 2.44 bits per heavy atom. The minimum Gasteiger partial charge on any atom is -0.378 e. The normalized spacial score (nSPS) is 22.0. The predicted molar refractivity (Wildman–Crippen MR) is 68.8 cm³/mol. The van der Waals surface area contributed by atoms with E-state index < -0.39 is 0 Å². The van der Waals surface area contributed by atoms with Gasteiger partial charge in [-0.15, -0.1) is 0 Å². The molecule has 0 aromatic heterocycles. The number of rotatable bonds is 7. The van der Waals surface area contributed by atoms with E-state index in [1.807, 2.05) is 0 Å². The van der Waals surface area contributed by atoms with Crippen LogP contribution < -0.4 is 5.32 Å². The fourth-order valence-corrected chi connectivity index (χ4v) is 2.29. The lowest BCUT2D eigenvalue weighted by Crippen LogP contribution is -2.32. The second kappa shape index (κ2) is 8.07. The zero-order chi connectivity index (χ0) is 11.8. The first kappa shape index (κ1) is 14.0. The number of nitrogens with one attached hydrogen (secondary N) is 1. The Labute approximate surface area is 106 Å². The number of carbonyl (C=O) groups excluding carboxylic acids is 1. The molecule has 0 bridgehead atoms. The molecule has 1 N–H and O–H groups in total. The Morgan fingerprint density at radius 1 is 1.62 bits per heavy atom. The van der Waals surface area contributed by atoms with Crippen LogP contribution in [0.5, 0.6) is 0 Å². The van der Waals surface area contributed by atoms with Crippen LogP contribution >= 0.6 is 15.9 Å². The molecule has 1 aliphatic heterocycles. The van der Waals surface area contributed by atoms with Crippen LogP contribution in [0, 0.1) is 0 Å². The Balaban J connectivity index is 2.05. The number of hydrogen-bond donors (Lipinski definition) is 1. The molecule has 0 saturated carbocycles. The van der Waals surface area contributed by atoms with Crippen LogP contribution in [0.15, 0.2) is 0 Å². The molecule has 0 aromatic rings. The lowest BCUT2D eigenvalue weighted by molar-refractivity contribution is -0.122. The summed E-state index contributed by atoms with van der Waals surface area (Å²) < 4.78 is 5.49. The summed E-state index contributed by atoms with van der Waals surface area (Å²) in [5.74, 6) is 0.164. The van der Waals surface area contributed by atoms with Crippen molar-refractivity contribution in [3.8, 4) is 0 Å². The molecule has 1 aliphatic rings. The molecule has 1 amide bonds. The quantitative estimate of drug-likeness (QED) is 0.733. The molecule has 94 valence electrons. The zero-order valence-corrected chi connectivity index (χ0v) is 11.6. The van der Waals surface area contributed by atoms with Crippen molar-refractivity contribution in [3.05, 3.63) is 0 Å². The topological polar surface area (TPSA) is 38.3 Å². The van der Waals surface area contributed by atoms with Gasteiger partial charge in [0.05, 0.1) is 6.10 Å². The van der Waals surface area contributed by atoms with Crippen molar-refractivity contribution in [2.24, 2.45) is 0 Å². The average molecular weight is 292 g/mol. The van der Waals surface area contributed by atoms with Gasteiger partial charge in [-0.1, -0.05) is 15.9 Å². The highest BCUT2D eigenvalue weighted by atomic mass is 79.9. The van der Waals surface area contributed by atoms with E-state index in [9.17, 15) is 4.79 Å². The third-order valence-electron chi connectivity index (χ3n) is 2.90. The summed E-state index contributed by atoms with van der Waals surface area (Å²) in [6.45, 7) is 2.93. The molecular weight excluding hydrogens is 270 g/mol. The highest BCUT2D eigenvalue weighted by molar-refractivity contribution is 9.09. The van der Waals surface area contributed by atoms with Gasteiger partial charge in [-0.05, 0) is 39.0 Å². The first-order chi connectivity index (χ1) is 7.72. The maximum Gasteiger partial charge on any atom is 0.220 e. The second-order valence-corrected chi connectivity index (χ2v) is 5.27. The van der Waals surface area contributed by atoms with E-state index in [0.717, 1.165) is 44.0 Å². The van der Waals surface area contributed by atoms with Crippen molar-refractivity contribution in [2.45, 2.75) is 57.6 Å². The van der Waals surface area contributed by atoms with E-state index in [2.05, 4.69) is 28.2 Å². The van der Waals surface area contributed by atoms with Gasteiger partial charge in [-0.25, -0.2) is 0 Å². The number of hydrogen-bond acceptors (Lipinski definition) is 2. The van der Waals surface area contributed by atoms with Crippen LogP contribution in [0.2, 0.25) is 0 Å². The molecule has 0 aliphatic carbocycles. The number of alkyl halides is 1. The van der Waals surface area contributed by atoms with E-state index >= 15 is 0 Å². The highest BCUT2D eigenvalue weighted by Gasteiger charge is 2.17. The summed E-state index contributed by atoms with van der Waals surface area (Å²) in [4.78, 5) is 11.6. The molecule has 3 nitrogen and oxygen atoms in total. The molecule has 2 unspecified atom stereocenters. The number of carbonyl (C=O) groups is 1. The lowest BCUT2D eigenvalue weighted by atomic mass is 10.1. The van der Waals surface area contributed by atoms with Crippen molar-refractivity contribution in [2.75, 3.05) is 11.9 Å². The van der Waals surface area contributed by atoms with Gasteiger partial charge in [0.15, 0.2) is 0 Å². The van der Waals surface area contributed by atoms with Crippen LogP contribution in [-0.2, 0) is 9.53 Å². The Kier molecular flexibility index (Phi) is 7.05. The molecule has 1 fully saturated rings. The van der Waals surface area contributed by atoms with Crippen molar-refractivity contribution < 1.29 is 9.53 Å². The maximum atomic E-state index is 11.6. The van der Waals surface area contributed by atoms with Gasteiger partial charge in [0, 0.05) is 24.4 Å². The van der Waals surface area contributed by atoms with Crippen LogP contribution in [0.4, 0.5) is 0 Å². The van der Waals surface area contributed by atoms with Gasteiger partial charge in [-0.2, -0.15) is 0 Å². The zero-order valence-electron chi connectivity index (χ0n) is 10.0. The molecule has 1 heterocycles. The summed E-state index contributed by atoms with van der Waals surface area (Å²) in [5.41, 5.74) is 0. The van der Waals surface area contributed by atoms with Crippen LogP contribution in [0.25, 0.3) is 0 Å². The summed E-state index contributed by atoms with van der Waals surface area (Å²) in [7, 11) is 0. The third kappa shape index (κ3) is 5.85. The Morgan fingerprint density at radius 3 is 3.06 bits per heavy atom. The first-order valence-corrected chi connectivity index (χ1v) is 7.31. The summed E-state index contributed by atoms with van der Waals surface area (Å²) in [5, 5.41) is 4.03. The van der Waals surface area contributed by atoms with Crippen molar-refractivity contribution in [3.63, 3.8) is 0 Å². The summed E-state index contributed by atoms with van der Waals surface area (Å²) in [6, 6.07) is 0.287. The fraction of sp³-hybridized carbons (Fsp3) is 0.917. The first-order valence-electron chi connectivity index (χ1n) is 6.19. The van der Waals surface area contributed by atoms with Crippen molar-refractivity contribution in [1.82, 2.24) is 5.32 Å². The minimum atomic E-state index is 0.164. The van der Waals surface area contributed by atoms with Crippen molar-refractivity contribution in [1.29, 1.82) is 0 Å². The molecular formula is C12H22BrNO2. The predicted octanol–water partition coefficient (Wildman–Crippen LogP) is 2.63. The highest BCUT2D eigenvalue weighted by Crippen LogP contribution is 2.16. The fourth-order valence-electron chi connectivity index (χ4n) is 1.97. The van der Waals surface area contributed by atoms with E-state index in [0.29, 0.717) is 12.5 Å². The molecule has 1 rings (SSSR count). The van der Waals surface area contributed by atoms with Crippen LogP contribution in [-0.4, -0.2) is 30.0 Å². The summed E-state index contributed by atoms with van der Waals surface area (Å²) >= 11 is 3.39.